The molecule has 0 spiro atoms. The van der Waals surface area contributed by atoms with Gasteiger partial charge in [-0.25, -0.2) is 0 Å². The maximum absolute atomic E-state index is 13.0. The molecule has 2 aromatic heterocycles. The zero-order valence-electron chi connectivity index (χ0n) is 16.2. The highest BCUT2D eigenvalue weighted by atomic mass is 32.1. The largest absolute Gasteiger partial charge is 0.497 e. The molecule has 0 N–H and O–H groups in total. The molecule has 0 aliphatic carbocycles. The monoisotopic (exact) mass is 406 g/mol. The molecule has 6 heteroatoms. The number of fused-ring (bicyclic) bond motifs is 4. The Bertz CT molecular complexity index is 1100. The number of piperidine rings is 1. The van der Waals surface area contributed by atoms with E-state index in [9.17, 15) is 9.59 Å². The quantitative estimate of drug-likeness (QED) is 0.664. The number of thiophene rings is 1. The van der Waals surface area contributed by atoms with Crippen LogP contribution < -0.4 is 10.3 Å². The Labute approximate surface area is 173 Å². The van der Waals surface area contributed by atoms with E-state index in [0.717, 1.165) is 33.9 Å². The van der Waals surface area contributed by atoms with Gasteiger partial charge in [-0.15, -0.1) is 11.3 Å². The molecule has 29 heavy (non-hydrogen) atoms. The number of likely N-dealkylation sites (tertiary alicyclic amines) is 1. The van der Waals surface area contributed by atoms with Crippen LogP contribution in [0.25, 0.3) is 11.1 Å². The highest BCUT2D eigenvalue weighted by Crippen LogP contribution is 2.40. The van der Waals surface area contributed by atoms with Gasteiger partial charge in [-0.3, -0.25) is 9.59 Å². The minimum absolute atomic E-state index is 0.0463. The highest BCUT2D eigenvalue weighted by Gasteiger charge is 2.38. The van der Waals surface area contributed by atoms with Gasteiger partial charge in [0.2, 0.25) is 0 Å². The Kier molecular flexibility index (Phi) is 4.51. The van der Waals surface area contributed by atoms with Crippen LogP contribution in [0.5, 0.6) is 5.75 Å². The highest BCUT2D eigenvalue weighted by molar-refractivity contribution is 7.12. The van der Waals surface area contributed by atoms with E-state index in [1.165, 1.54) is 11.3 Å². The third kappa shape index (κ3) is 3.17. The van der Waals surface area contributed by atoms with Gasteiger partial charge in [0.25, 0.3) is 11.5 Å². The molecule has 3 aromatic rings. The predicted octanol–water partition coefficient (Wildman–Crippen LogP) is 3.84. The average molecular weight is 407 g/mol. The van der Waals surface area contributed by atoms with Gasteiger partial charge >= 0.3 is 0 Å². The number of benzene rings is 1. The lowest BCUT2D eigenvalue weighted by molar-refractivity contribution is 0.0600. The number of carbonyl (C=O) groups excluding carboxylic acids is 1. The summed E-state index contributed by atoms with van der Waals surface area (Å²) < 4.78 is 7.22. The van der Waals surface area contributed by atoms with Crippen molar-refractivity contribution in [3.63, 3.8) is 0 Å². The molecule has 2 aliphatic heterocycles. The van der Waals surface area contributed by atoms with E-state index in [4.69, 9.17) is 4.74 Å². The summed E-state index contributed by atoms with van der Waals surface area (Å²) >= 11 is 1.49. The van der Waals surface area contributed by atoms with Gasteiger partial charge in [-0.1, -0.05) is 18.2 Å². The van der Waals surface area contributed by atoms with Crippen molar-refractivity contribution in [3.05, 3.63) is 74.8 Å². The van der Waals surface area contributed by atoms with E-state index in [-0.39, 0.29) is 17.4 Å². The molecule has 2 atom stereocenters. The molecule has 5 rings (SSSR count). The number of ether oxygens (including phenoxy) is 1. The smallest absolute Gasteiger partial charge is 0.263 e. The summed E-state index contributed by atoms with van der Waals surface area (Å²) in [6.45, 7) is 2.04. The number of methoxy groups -OCH3 is 1. The summed E-state index contributed by atoms with van der Waals surface area (Å²) in [6.07, 6.45) is 1.01. The Morgan fingerprint density at radius 1 is 1.07 bits per heavy atom. The van der Waals surface area contributed by atoms with Gasteiger partial charge in [0.15, 0.2) is 0 Å². The Morgan fingerprint density at radius 2 is 1.90 bits per heavy atom. The first-order valence-corrected chi connectivity index (χ1v) is 10.7. The van der Waals surface area contributed by atoms with E-state index in [1.807, 2.05) is 57.3 Å². The number of carbonyl (C=O) groups is 1. The van der Waals surface area contributed by atoms with Crippen molar-refractivity contribution in [2.24, 2.45) is 5.92 Å². The third-order valence-electron chi connectivity index (χ3n) is 6.01. The second-order valence-corrected chi connectivity index (χ2v) is 8.74. The Balaban J connectivity index is 1.54. The number of nitrogens with zero attached hydrogens (tertiary/aromatic N) is 2. The standard InChI is InChI=1S/C23H22N2O3S/c1-28-18-6-4-16(5-7-18)19-8-9-21(26)25-13-15-11-17(22(19)25)14-24(12-15)23(27)20-3-2-10-29-20/h2-10,15,17H,11-14H2,1H3/t15-,17+/m0/s1. The maximum atomic E-state index is 13.0. The second kappa shape index (κ2) is 7.19. The van der Waals surface area contributed by atoms with Crippen LogP contribution in [0.2, 0.25) is 0 Å². The molecule has 2 bridgehead atoms. The molecule has 0 saturated carbocycles. The van der Waals surface area contributed by atoms with Gasteiger partial charge in [0.1, 0.15) is 5.75 Å². The number of hydrogen-bond donors (Lipinski definition) is 0. The zero-order chi connectivity index (χ0) is 20.0. The van der Waals surface area contributed by atoms with Gasteiger partial charge in [-0.05, 0) is 47.5 Å². The fourth-order valence-electron chi connectivity index (χ4n) is 4.75. The van der Waals surface area contributed by atoms with Crippen molar-refractivity contribution in [1.29, 1.82) is 0 Å². The van der Waals surface area contributed by atoms with Crippen molar-refractivity contribution in [1.82, 2.24) is 9.47 Å². The topological polar surface area (TPSA) is 51.5 Å². The zero-order valence-corrected chi connectivity index (χ0v) is 17.0. The van der Waals surface area contributed by atoms with Crippen LogP contribution in [0.3, 0.4) is 0 Å². The Hall–Kier alpha value is -2.86. The van der Waals surface area contributed by atoms with Crippen molar-refractivity contribution >= 4 is 17.2 Å². The number of rotatable bonds is 3. The van der Waals surface area contributed by atoms with E-state index >= 15 is 0 Å². The summed E-state index contributed by atoms with van der Waals surface area (Å²) in [5, 5.41) is 1.94. The molecule has 1 aromatic carbocycles. The minimum Gasteiger partial charge on any atom is -0.497 e. The SMILES string of the molecule is COc1ccc(-c2ccc(=O)n3c2[C@@H]2C[C@@H](CN(C(=O)c4cccs4)C2)C3)cc1. The van der Waals surface area contributed by atoms with Crippen LogP contribution >= 0.6 is 11.3 Å². The maximum Gasteiger partial charge on any atom is 0.263 e. The lowest BCUT2D eigenvalue weighted by atomic mass is 9.80. The minimum atomic E-state index is 0.0463. The second-order valence-electron chi connectivity index (χ2n) is 7.80. The Morgan fingerprint density at radius 3 is 2.62 bits per heavy atom. The average Bonchev–Trinajstić information content (AvgIpc) is 3.29. The summed E-state index contributed by atoms with van der Waals surface area (Å²) in [7, 11) is 1.65. The van der Waals surface area contributed by atoms with Crippen molar-refractivity contribution < 1.29 is 9.53 Å². The number of aromatic nitrogens is 1. The van der Waals surface area contributed by atoms with Gasteiger partial charge in [-0.2, -0.15) is 0 Å². The van der Waals surface area contributed by atoms with Crippen molar-refractivity contribution in [2.75, 3.05) is 20.2 Å². The lowest BCUT2D eigenvalue weighted by Crippen LogP contribution is -2.49. The molecule has 0 radical (unpaired) electrons. The summed E-state index contributed by atoms with van der Waals surface area (Å²) in [4.78, 5) is 28.4. The van der Waals surface area contributed by atoms with Gasteiger partial charge in [0, 0.05) is 42.9 Å². The van der Waals surface area contributed by atoms with E-state index in [1.54, 1.807) is 13.2 Å². The van der Waals surface area contributed by atoms with Crippen LogP contribution in [-0.4, -0.2) is 35.6 Å². The molecule has 4 heterocycles. The van der Waals surface area contributed by atoms with Crippen LogP contribution in [0.15, 0.2) is 58.7 Å². The third-order valence-corrected chi connectivity index (χ3v) is 6.87. The summed E-state index contributed by atoms with van der Waals surface area (Å²) in [5.41, 5.74) is 3.24. The molecule has 5 nitrogen and oxygen atoms in total. The predicted molar refractivity (Wildman–Crippen MR) is 114 cm³/mol. The summed E-state index contributed by atoms with van der Waals surface area (Å²) in [5.74, 6) is 1.39. The van der Waals surface area contributed by atoms with Crippen molar-refractivity contribution in [2.45, 2.75) is 18.9 Å². The first-order chi connectivity index (χ1) is 14.1. The molecule has 2 aliphatic rings. The molecule has 148 valence electrons. The first-order valence-electron chi connectivity index (χ1n) is 9.85. The molecule has 1 fully saturated rings. The van der Waals surface area contributed by atoms with Crippen LogP contribution in [0, 0.1) is 5.92 Å². The normalized spacial score (nSPS) is 20.2. The fourth-order valence-corrected chi connectivity index (χ4v) is 5.44. The number of hydrogen-bond acceptors (Lipinski definition) is 4. The molecular weight excluding hydrogens is 384 g/mol. The number of pyridine rings is 1. The van der Waals surface area contributed by atoms with E-state index in [2.05, 4.69) is 0 Å². The molecule has 1 amide bonds. The first kappa shape index (κ1) is 18.2. The van der Waals surface area contributed by atoms with Crippen LogP contribution in [0.4, 0.5) is 0 Å². The molecule has 0 unspecified atom stereocenters. The van der Waals surface area contributed by atoms with E-state index in [0.29, 0.717) is 25.6 Å². The van der Waals surface area contributed by atoms with E-state index < -0.39 is 0 Å². The molecular formula is C23H22N2O3S. The molecule has 1 saturated heterocycles. The van der Waals surface area contributed by atoms with Gasteiger partial charge < -0.3 is 14.2 Å². The fraction of sp³-hybridized carbons (Fsp3) is 0.304. The van der Waals surface area contributed by atoms with Crippen LogP contribution in [0.1, 0.15) is 27.7 Å². The number of amides is 1. The van der Waals surface area contributed by atoms with Crippen LogP contribution in [-0.2, 0) is 6.54 Å². The van der Waals surface area contributed by atoms with Crippen molar-refractivity contribution in [3.8, 4) is 16.9 Å². The van der Waals surface area contributed by atoms with Gasteiger partial charge in [0.05, 0.1) is 12.0 Å². The summed E-state index contributed by atoms with van der Waals surface area (Å²) in [6, 6.07) is 15.3. The lowest BCUT2D eigenvalue weighted by Gasteiger charge is -2.43.